The molecular weight excluding hydrogens is 260 g/mol. The maximum atomic E-state index is 5.80. The van der Waals surface area contributed by atoms with Gasteiger partial charge in [-0.15, -0.1) is 11.3 Å². The van der Waals surface area contributed by atoms with Crippen LogP contribution in [0, 0.1) is 12.8 Å². The highest BCUT2D eigenvalue weighted by Crippen LogP contribution is 2.38. The van der Waals surface area contributed by atoms with Crippen LogP contribution in [0.4, 0.5) is 0 Å². The molecular formula is C13H18N4OS. The Labute approximate surface area is 116 Å². The van der Waals surface area contributed by atoms with E-state index in [1.807, 2.05) is 12.3 Å². The molecule has 6 heteroatoms. The molecule has 1 aliphatic carbocycles. The molecule has 5 nitrogen and oxygen atoms in total. The fourth-order valence-corrected chi connectivity index (χ4v) is 3.52. The van der Waals surface area contributed by atoms with Gasteiger partial charge in [-0.25, -0.2) is 4.98 Å². The van der Waals surface area contributed by atoms with Crippen molar-refractivity contribution in [2.24, 2.45) is 11.7 Å². The van der Waals surface area contributed by atoms with Gasteiger partial charge in [-0.1, -0.05) is 11.6 Å². The number of aromatic nitrogens is 3. The Bertz CT molecular complexity index is 550. The van der Waals surface area contributed by atoms with Crippen molar-refractivity contribution in [3.63, 3.8) is 0 Å². The van der Waals surface area contributed by atoms with Gasteiger partial charge in [0.25, 0.3) is 0 Å². The van der Waals surface area contributed by atoms with Crippen LogP contribution in [-0.2, 0) is 6.42 Å². The Morgan fingerprint density at radius 2 is 2.32 bits per heavy atom. The van der Waals surface area contributed by atoms with E-state index in [0.29, 0.717) is 24.8 Å². The molecule has 1 aliphatic rings. The highest BCUT2D eigenvalue weighted by Gasteiger charge is 2.31. The van der Waals surface area contributed by atoms with Crippen molar-refractivity contribution in [2.45, 2.75) is 38.5 Å². The highest BCUT2D eigenvalue weighted by molar-refractivity contribution is 7.09. The third-order valence-corrected chi connectivity index (χ3v) is 4.71. The maximum absolute atomic E-state index is 5.80. The number of nitrogens with zero attached hydrogens (tertiary/aromatic N) is 3. The molecule has 2 atom stereocenters. The van der Waals surface area contributed by atoms with Gasteiger partial charge in [-0.2, -0.15) is 4.98 Å². The number of aryl methyl sites for hydroxylation is 1. The molecule has 0 bridgehead atoms. The van der Waals surface area contributed by atoms with Gasteiger partial charge in [0.2, 0.25) is 5.89 Å². The molecule has 102 valence electrons. The van der Waals surface area contributed by atoms with E-state index in [-0.39, 0.29) is 0 Å². The number of hydrogen-bond donors (Lipinski definition) is 1. The first-order valence-electron chi connectivity index (χ1n) is 6.70. The van der Waals surface area contributed by atoms with Crippen LogP contribution in [0.2, 0.25) is 0 Å². The van der Waals surface area contributed by atoms with Gasteiger partial charge in [0.1, 0.15) is 5.01 Å². The number of hydrogen-bond acceptors (Lipinski definition) is 6. The van der Waals surface area contributed by atoms with E-state index in [1.165, 1.54) is 12.8 Å². The number of thiazole rings is 1. The zero-order chi connectivity index (χ0) is 13.2. The van der Waals surface area contributed by atoms with Crippen LogP contribution in [0.15, 0.2) is 9.90 Å². The topological polar surface area (TPSA) is 77.8 Å². The molecule has 0 saturated heterocycles. The largest absolute Gasteiger partial charge is 0.339 e. The van der Waals surface area contributed by atoms with E-state index in [1.54, 1.807) is 11.3 Å². The van der Waals surface area contributed by atoms with Crippen molar-refractivity contribution in [2.75, 3.05) is 6.54 Å². The Morgan fingerprint density at radius 3 is 3.05 bits per heavy atom. The molecule has 0 aliphatic heterocycles. The predicted octanol–water partition coefficient (Wildman–Crippen LogP) is 2.27. The second-order valence-corrected chi connectivity index (χ2v) is 6.08. The minimum absolute atomic E-state index is 0.351. The second-order valence-electron chi connectivity index (χ2n) is 5.14. The van der Waals surface area contributed by atoms with Crippen LogP contribution < -0.4 is 5.73 Å². The predicted molar refractivity (Wildman–Crippen MR) is 73.1 cm³/mol. The number of rotatable bonds is 4. The van der Waals surface area contributed by atoms with E-state index < -0.39 is 0 Å². The fourth-order valence-electron chi connectivity index (χ4n) is 2.75. The lowest BCUT2D eigenvalue weighted by molar-refractivity contribution is 0.323. The van der Waals surface area contributed by atoms with Gasteiger partial charge in [-0.3, -0.25) is 0 Å². The lowest BCUT2D eigenvalue weighted by Gasteiger charge is -2.12. The Balaban J connectivity index is 1.72. The first-order chi connectivity index (χ1) is 9.26. The summed E-state index contributed by atoms with van der Waals surface area (Å²) in [5.41, 5.74) is 6.84. The van der Waals surface area contributed by atoms with Crippen LogP contribution in [-0.4, -0.2) is 21.7 Å². The smallest absolute Gasteiger partial charge is 0.230 e. The van der Waals surface area contributed by atoms with Gasteiger partial charge in [0, 0.05) is 17.0 Å². The number of nitrogens with two attached hydrogens (primary N) is 1. The van der Waals surface area contributed by atoms with Gasteiger partial charge < -0.3 is 10.3 Å². The van der Waals surface area contributed by atoms with Crippen molar-refractivity contribution >= 4 is 11.3 Å². The van der Waals surface area contributed by atoms with E-state index in [4.69, 9.17) is 10.3 Å². The third kappa shape index (κ3) is 2.69. The summed E-state index contributed by atoms with van der Waals surface area (Å²) >= 11 is 1.64. The van der Waals surface area contributed by atoms with Crippen molar-refractivity contribution in [1.82, 2.24) is 15.1 Å². The molecule has 2 unspecified atom stereocenters. The Kier molecular flexibility index (Phi) is 3.61. The quantitative estimate of drug-likeness (QED) is 0.928. The summed E-state index contributed by atoms with van der Waals surface area (Å²) in [6.45, 7) is 2.69. The molecule has 3 rings (SSSR count). The molecule has 2 N–H and O–H groups in total. The minimum Gasteiger partial charge on any atom is -0.339 e. The average Bonchev–Trinajstić information content (AvgIpc) is 3.10. The van der Waals surface area contributed by atoms with E-state index in [9.17, 15) is 0 Å². The molecule has 1 saturated carbocycles. The summed E-state index contributed by atoms with van der Waals surface area (Å²) in [7, 11) is 0. The maximum Gasteiger partial charge on any atom is 0.230 e. The Morgan fingerprint density at radius 1 is 1.42 bits per heavy atom. The molecule has 2 aromatic heterocycles. The summed E-state index contributed by atoms with van der Waals surface area (Å²) in [5, 5.41) is 7.15. The zero-order valence-electron chi connectivity index (χ0n) is 11.0. The molecule has 2 heterocycles. The standard InChI is InChI=1S/C13H18N4OS/c1-8-7-19-12(15-8)5-11-16-13(18-17-11)10-4-2-3-9(10)6-14/h7,9-10H,2-6,14H2,1H3. The molecule has 0 amide bonds. The molecule has 2 aromatic rings. The second kappa shape index (κ2) is 5.38. The van der Waals surface area contributed by atoms with E-state index >= 15 is 0 Å². The van der Waals surface area contributed by atoms with Crippen molar-refractivity contribution < 1.29 is 4.52 Å². The summed E-state index contributed by atoms with van der Waals surface area (Å²) in [4.78, 5) is 8.95. The lowest BCUT2D eigenvalue weighted by Crippen LogP contribution is -2.17. The summed E-state index contributed by atoms with van der Waals surface area (Å²) in [6, 6.07) is 0. The molecule has 0 radical (unpaired) electrons. The molecule has 1 fully saturated rings. The average molecular weight is 278 g/mol. The fraction of sp³-hybridized carbons (Fsp3) is 0.615. The Hall–Kier alpha value is -1.27. The van der Waals surface area contributed by atoms with Gasteiger partial charge in [0.05, 0.1) is 6.42 Å². The van der Waals surface area contributed by atoms with Crippen molar-refractivity contribution in [3.8, 4) is 0 Å². The van der Waals surface area contributed by atoms with Crippen LogP contribution in [0.3, 0.4) is 0 Å². The van der Waals surface area contributed by atoms with Crippen LogP contribution >= 0.6 is 11.3 Å². The molecule has 0 aromatic carbocycles. The monoisotopic (exact) mass is 278 g/mol. The lowest BCUT2D eigenvalue weighted by atomic mass is 9.96. The summed E-state index contributed by atoms with van der Waals surface area (Å²) in [6.07, 6.45) is 4.14. The van der Waals surface area contributed by atoms with Crippen LogP contribution in [0.25, 0.3) is 0 Å². The van der Waals surface area contributed by atoms with Crippen LogP contribution in [0.1, 0.15) is 47.6 Å². The van der Waals surface area contributed by atoms with Crippen molar-refractivity contribution in [1.29, 1.82) is 0 Å². The van der Waals surface area contributed by atoms with E-state index in [2.05, 4.69) is 15.1 Å². The molecule has 0 spiro atoms. The van der Waals surface area contributed by atoms with Gasteiger partial charge >= 0.3 is 0 Å². The normalized spacial score (nSPS) is 23.1. The SMILES string of the molecule is Cc1csc(Cc2noc(C3CCCC3CN)n2)n1. The van der Waals surface area contributed by atoms with Gasteiger partial charge in [-0.05, 0) is 32.2 Å². The first kappa shape index (κ1) is 12.7. The third-order valence-electron chi connectivity index (χ3n) is 3.74. The minimum atomic E-state index is 0.351. The van der Waals surface area contributed by atoms with Crippen LogP contribution in [0.5, 0.6) is 0 Å². The summed E-state index contributed by atoms with van der Waals surface area (Å²) in [5.74, 6) is 2.34. The van der Waals surface area contributed by atoms with Crippen molar-refractivity contribution in [3.05, 3.63) is 27.8 Å². The zero-order valence-corrected chi connectivity index (χ0v) is 11.8. The van der Waals surface area contributed by atoms with E-state index in [0.717, 1.165) is 28.8 Å². The summed E-state index contributed by atoms with van der Waals surface area (Å²) < 4.78 is 5.42. The highest BCUT2D eigenvalue weighted by atomic mass is 32.1. The first-order valence-corrected chi connectivity index (χ1v) is 7.57. The molecule has 19 heavy (non-hydrogen) atoms. The van der Waals surface area contributed by atoms with Gasteiger partial charge in [0.15, 0.2) is 5.82 Å².